The molecule has 0 amide bonds. The third-order valence-corrected chi connectivity index (χ3v) is 4.79. The van der Waals surface area contributed by atoms with Crippen LogP contribution in [0.25, 0.3) is 10.9 Å². The van der Waals surface area contributed by atoms with Crippen molar-refractivity contribution in [3.05, 3.63) is 70.9 Å². The second kappa shape index (κ2) is 6.99. The van der Waals surface area contributed by atoms with Gasteiger partial charge in [-0.15, -0.1) is 0 Å². The highest BCUT2D eigenvalue weighted by Gasteiger charge is 2.12. The molecule has 0 saturated heterocycles. The quantitative estimate of drug-likeness (QED) is 0.732. The van der Waals surface area contributed by atoms with Crippen molar-refractivity contribution in [3.63, 3.8) is 0 Å². The van der Waals surface area contributed by atoms with Crippen molar-refractivity contribution in [2.75, 3.05) is 11.6 Å². The predicted molar refractivity (Wildman–Crippen MR) is 98.7 cm³/mol. The number of aryl methyl sites for hydroxylation is 1. The number of anilines is 1. The lowest BCUT2D eigenvalue weighted by atomic mass is 10.1. The Balaban J connectivity index is 1.96. The van der Waals surface area contributed by atoms with Crippen molar-refractivity contribution in [3.8, 4) is 0 Å². The lowest BCUT2D eigenvalue weighted by Gasteiger charge is -2.14. The highest BCUT2D eigenvalue weighted by molar-refractivity contribution is 7.89. The van der Waals surface area contributed by atoms with Gasteiger partial charge in [0.25, 0.3) is 0 Å². The van der Waals surface area contributed by atoms with Gasteiger partial charge in [-0.25, -0.2) is 17.2 Å². The largest absolute Gasteiger partial charge is 0.380 e. The lowest BCUT2D eigenvalue weighted by molar-refractivity contribution is 0.600. The molecule has 1 N–H and O–H groups in total. The maximum atomic E-state index is 13.6. The van der Waals surface area contributed by atoms with Crippen LogP contribution in [0.2, 0.25) is 0 Å². The number of nitrogens with one attached hydrogen (secondary N) is 1. The van der Waals surface area contributed by atoms with E-state index in [0.29, 0.717) is 27.7 Å². The molecule has 7 heteroatoms. The summed E-state index contributed by atoms with van der Waals surface area (Å²) in [6, 6.07) is 10.1. The molecule has 0 saturated carbocycles. The highest BCUT2D eigenvalue weighted by atomic mass is 32.2. The molecule has 0 aliphatic heterocycles. The standard InChI is InChI=1S/C19H18F2N2O2S/c1-12-7-19(17-9-16(21)5-6-18(17)23-12)22-10-14-8-15(20)4-3-13(14)11-26(2,24)25/h3-9H,10-11H2,1-2H3,(H,22,23). The van der Waals surface area contributed by atoms with Gasteiger partial charge < -0.3 is 5.32 Å². The van der Waals surface area contributed by atoms with Gasteiger partial charge in [0.15, 0.2) is 9.84 Å². The van der Waals surface area contributed by atoms with E-state index in [1.807, 2.05) is 6.92 Å². The maximum Gasteiger partial charge on any atom is 0.151 e. The molecule has 2 aromatic carbocycles. The Hall–Kier alpha value is -2.54. The van der Waals surface area contributed by atoms with Crippen LogP contribution in [0.3, 0.4) is 0 Å². The van der Waals surface area contributed by atoms with Gasteiger partial charge in [0.2, 0.25) is 0 Å². The topological polar surface area (TPSA) is 59.1 Å². The number of nitrogens with zero attached hydrogens (tertiary/aromatic N) is 1. The summed E-state index contributed by atoms with van der Waals surface area (Å²) in [5, 5.41) is 3.77. The summed E-state index contributed by atoms with van der Waals surface area (Å²) in [4.78, 5) is 4.37. The fourth-order valence-electron chi connectivity index (χ4n) is 2.85. The van der Waals surface area contributed by atoms with Crippen LogP contribution in [0.1, 0.15) is 16.8 Å². The van der Waals surface area contributed by atoms with E-state index >= 15 is 0 Å². The summed E-state index contributed by atoms with van der Waals surface area (Å²) in [5.74, 6) is -0.995. The van der Waals surface area contributed by atoms with Gasteiger partial charge in [-0.1, -0.05) is 6.07 Å². The number of pyridine rings is 1. The first kappa shape index (κ1) is 18.3. The van der Waals surface area contributed by atoms with Crippen LogP contribution < -0.4 is 5.32 Å². The molecule has 4 nitrogen and oxygen atoms in total. The number of fused-ring (bicyclic) bond motifs is 1. The number of hydrogen-bond acceptors (Lipinski definition) is 4. The molecular formula is C19H18F2N2O2S. The molecule has 0 unspecified atom stereocenters. The number of aromatic nitrogens is 1. The van der Waals surface area contributed by atoms with E-state index in [2.05, 4.69) is 10.3 Å². The van der Waals surface area contributed by atoms with Crippen molar-refractivity contribution < 1.29 is 17.2 Å². The number of halogens is 2. The molecule has 26 heavy (non-hydrogen) atoms. The summed E-state index contributed by atoms with van der Waals surface area (Å²) in [6.45, 7) is 2.03. The van der Waals surface area contributed by atoms with Crippen molar-refractivity contribution in [1.29, 1.82) is 0 Å². The van der Waals surface area contributed by atoms with E-state index in [1.54, 1.807) is 12.1 Å². The van der Waals surface area contributed by atoms with Gasteiger partial charge in [-0.05, 0) is 54.4 Å². The summed E-state index contributed by atoms with van der Waals surface area (Å²) in [5.41, 5.74) is 3.12. The Labute approximate surface area is 150 Å². The molecule has 3 rings (SSSR count). The van der Waals surface area contributed by atoms with E-state index in [-0.39, 0.29) is 18.1 Å². The third-order valence-electron chi connectivity index (χ3n) is 3.95. The number of sulfone groups is 1. The molecule has 0 atom stereocenters. The molecule has 1 aromatic heterocycles. The zero-order chi connectivity index (χ0) is 18.9. The Morgan fingerprint density at radius 2 is 1.69 bits per heavy atom. The molecule has 0 aliphatic rings. The Kier molecular flexibility index (Phi) is 4.91. The minimum atomic E-state index is -3.25. The molecule has 1 heterocycles. The molecule has 0 aliphatic carbocycles. The molecule has 136 valence electrons. The zero-order valence-electron chi connectivity index (χ0n) is 14.4. The third kappa shape index (κ3) is 4.35. The van der Waals surface area contributed by atoms with Crippen molar-refractivity contribution in [2.45, 2.75) is 19.2 Å². The predicted octanol–water partition coefficient (Wildman–Crippen LogP) is 3.98. The SMILES string of the molecule is Cc1cc(NCc2cc(F)ccc2CS(C)(=O)=O)c2cc(F)ccc2n1. The molecule has 0 bridgehead atoms. The van der Waals surface area contributed by atoms with Crippen LogP contribution in [-0.2, 0) is 22.1 Å². The fraction of sp³-hybridized carbons (Fsp3) is 0.211. The number of benzene rings is 2. The first-order chi connectivity index (χ1) is 12.2. The van der Waals surface area contributed by atoms with Gasteiger partial charge in [-0.3, -0.25) is 4.98 Å². The van der Waals surface area contributed by atoms with Gasteiger partial charge in [0.1, 0.15) is 11.6 Å². The minimum absolute atomic E-state index is 0.172. The monoisotopic (exact) mass is 376 g/mol. The first-order valence-electron chi connectivity index (χ1n) is 7.97. The zero-order valence-corrected chi connectivity index (χ0v) is 15.2. The average Bonchev–Trinajstić information content (AvgIpc) is 2.54. The van der Waals surface area contributed by atoms with Gasteiger partial charge in [-0.2, -0.15) is 0 Å². The van der Waals surface area contributed by atoms with Gasteiger partial charge in [0.05, 0.1) is 11.3 Å². The highest BCUT2D eigenvalue weighted by Crippen LogP contribution is 2.25. The van der Waals surface area contributed by atoms with Crippen LogP contribution >= 0.6 is 0 Å². The van der Waals surface area contributed by atoms with Crippen LogP contribution in [0.4, 0.5) is 14.5 Å². The summed E-state index contributed by atoms with van der Waals surface area (Å²) in [6.07, 6.45) is 1.13. The average molecular weight is 376 g/mol. The van der Waals surface area contributed by atoms with Crippen LogP contribution in [0.15, 0.2) is 42.5 Å². The number of hydrogen-bond donors (Lipinski definition) is 1. The van der Waals surface area contributed by atoms with Crippen LogP contribution in [-0.4, -0.2) is 19.7 Å². The van der Waals surface area contributed by atoms with Gasteiger partial charge >= 0.3 is 0 Å². The van der Waals surface area contributed by atoms with Crippen LogP contribution in [0, 0.1) is 18.6 Å². The number of rotatable bonds is 5. The Morgan fingerprint density at radius 3 is 2.42 bits per heavy atom. The van der Waals surface area contributed by atoms with Crippen LogP contribution in [0.5, 0.6) is 0 Å². The van der Waals surface area contributed by atoms with Gasteiger partial charge in [0, 0.05) is 29.6 Å². The second-order valence-corrected chi connectivity index (χ2v) is 8.45. The Morgan fingerprint density at radius 1 is 1.00 bits per heavy atom. The summed E-state index contributed by atoms with van der Waals surface area (Å²) < 4.78 is 50.5. The van der Waals surface area contributed by atoms with E-state index in [4.69, 9.17) is 0 Å². The minimum Gasteiger partial charge on any atom is -0.380 e. The molecule has 0 spiro atoms. The fourth-order valence-corrected chi connectivity index (χ4v) is 3.70. The van der Waals surface area contributed by atoms with E-state index in [0.717, 1.165) is 11.9 Å². The molecule has 3 aromatic rings. The molecular weight excluding hydrogens is 358 g/mol. The molecule has 0 radical (unpaired) electrons. The first-order valence-corrected chi connectivity index (χ1v) is 10.0. The van der Waals surface area contributed by atoms with E-state index in [1.165, 1.54) is 30.3 Å². The summed E-state index contributed by atoms with van der Waals surface area (Å²) >= 11 is 0. The second-order valence-electron chi connectivity index (χ2n) is 6.31. The normalized spacial score (nSPS) is 11.7. The van der Waals surface area contributed by atoms with E-state index < -0.39 is 15.7 Å². The maximum absolute atomic E-state index is 13.6. The smallest absolute Gasteiger partial charge is 0.151 e. The van der Waals surface area contributed by atoms with Crippen molar-refractivity contribution in [1.82, 2.24) is 4.98 Å². The Bertz CT molecular complexity index is 1080. The molecule has 0 fully saturated rings. The summed E-state index contributed by atoms with van der Waals surface area (Å²) in [7, 11) is -3.25. The lowest BCUT2D eigenvalue weighted by Crippen LogP contribution is -2.08. The van der Waals surface area contributed by atoms with Crippen molar-refractivity contribution >= 4 is 26.4 Å². The van der Waals surface area contributed by atoms with Crippen molar-refractivity contribution in [2.24, 2.45) is 0 Å². The van der Waals surface area contributed by atoms with E-state index in [9.17, 15) is 17.2 Å².